The maximum atomic E-state index is 13.1. The number of carbonyl (C=O) groups is 2. The maximum absolute atomic E-state index is 13.1. The predicted molar refractivity (Wildman–Crippen MR) is 128 cm³/mol. The van der Waals surface area contributed by atoms with Crippen molar-refractivity contribution in [2.45, 2.75) is 32.7 Å². The second kappa shape index (κ2) is 11.0. The van der Waals surface area contributed by atoms with Gasteiger partial charge in [-0.25, -0.2) is 9.59 Å². The summed E-state index contributed by atoms with van der Waals surface area (Å²) in [6, 6.07) is 11.9. The lowest BCUT2D eigenvalue weighted by Gasteiger charge is -2.34. The van der Waals surface area contributed by atoms with E-state index in [0.29, 0.717) is 40.0 Å². The van der Waals surface area contributed by atoms with Crippen molar-refractivity contribution in [1.82, 2.24) is 10.2 Å². The third kappa shape index (κ3) is 5.27. The van der Waals surface area contributed by atoms with Gasteiger partial charge in [-0.05, 0) is 48.2 Å². The molecule has 0 unspecified atom stereocenters. The molecule has 0 aliphatic carbocycles. The Morgan fingerprint density at radius 1 is 1.06 bits per heavy atom. The summed E-state index contributed by atoms with van der Waals surface area (Å²) in [6.07, 6.45) is 0. The average molecular weight is 469 g/mol. The van der Waals surface area contributed by atoms with Gasteiger partial charge in [0.15, 0.2) is 11.5 Å². The van der Waals surface area contributed by atoms with Crippen molar-refractivity contribution in [2.24, 2.45) is 0 Å². The largest absolute Gasteiger partial charge is 0.493 e. The van der Waals surface area contributed by atoms with Crippen LogP contribution >= 0.6 is 0 Å². The van der Waals surface area contributed by atoms with Gasteiger partial charge in [0.05, 0.1) is 38.1 Å². The number of esters is 1. The number of carbonyl (C=O) groups excluding carboxylic acids is 2. The average Bonchev–Trinajstić information content (AvgIpc) is 2.84. The Morgan fingerprint density at radius 3 is 2.32 bits per heavy atom. The molecule has 1 heterocycles. The van der Waals surface area contributed by atoms with Crippen LogP contribution in [0.4, 0.5) is 4.79 Å². The standard InChI is InChI=1S/C26H32N2O6/c1-7-33-25(29)23-20(15-34-19-11-8-17(9-12-19)16(2)3)28(4)26(30)27-24(23)18-10-13-21(31-5)22(14-18)32-6/h8-14,16,24H,7,15H2,1-6H3,(H,27,30)/t24-/m1/s1. The van der Waals surface area contributed by atoms with E-state index in [-0.39, 0.29) is 19.2 Å². The summed E-state index contributed by atoms with van der Waals surface area (Å²) in [7, 11) is 4.67. The maximum Gasteiger partial charge on any atom is 0.338 e. The number of hydrogen-bond donors (Lipinski definition) is 1. The molecule has 0 bridgehead atoms. The Morgan fingerprint density at radius 2 is 1.74 bits per heavy atom. The third-order valence-electron chi connectivity index (χ3n) is 5.74. The lowest BCUT2D eigenvalue weighted by molar-refractivity contribution is -0.139. The first kappa shape index (κ1) is 25.0. The van der Waals surface area contributed by atoms with Gasteiger partial charge in [0.1, 0.15) is 12.4 Å². The molecule has 2 aromatic rings. The summed E-state index contributed by atoms with van der Waals surface area (Å²) < 4.78 is 22.1. The van der Waals surface area contributed by atoms with Gasteiger partial charge in [0.25, 0.3) is 0 Å². The summed E-state index contributed by atoms with van der Waals surface area (Å²) in [5.74, 6) is 1.55. The molecular weight excluding hydrogens is 436 g/mol. The van der Waals surface area contributed by atoms with E-state index in [1.807, 2.05) is 24.3 Å². The first-order valence-electron chi connectivity index (χ1n) is 11.2. The van der Waals surface area contributed by atoms with Gasteiger partial charge in [-0.3, -0.25) is 4.90 Å². The number of rotatable bonds is 9. The van der Waals surface area contributed by atoms with Gasteiger partial charge >= 0.3 is 12.0 Å². The molecule has 0 spiro atoms. The summed E-state index contributed by atoms with van der Waals surface area (Å²) in [5.41, 5.74) is 2.58. The molecule has 8 heteroatoms. The number of benzene rings is 2. The quantitative estimate of drug-likeness (QED) is 0.549. The fraction of sp³-hybridized carbons (Fsp3) is 0.385. The van der Waals surface area contributed by atoms with E-state index in [2.05, 4.69) is 19.2 Å². The van der Waals surface area contributed by atoms with Gasteiger partial charge in [-0.1, -0.05) is 32.0 Å². The van der Waals surface area contributed by atoms with Gasteiger partial charge < -0.3 is 24.3 Å². The van der Waals surface area contributed by atoms with Crippen LogP contribution in [0.2, 0.25) is 0 Å². The van der Waals surface area contributed by atoms with Crippen LogP contribution in [0, 0.1) is 0 Å². The molecule has 2 amide bonds. The topological polar surface area (TPSA) is 86.3 Å². The zero-order valence-electron chi connectivity index (χ0n) is 20.5. The van der Waals surface area contributed by atoms with Gasteiger partial charge in [0.2, 0.25) is 0 Å². The molecule has 1 aliphatic rings. The molecular formula is C26H32N2O6. The van der Waals surface area contributed by atoms with Crippen LogP contribution in [0.1, 0.15) is 43.9 Å². The van der Waals surface area contributed by atoms with Crippen LogP contribution in [0.25, 0.3) is 0 Å². The lowest BCUT2D eigenvalue weighted by Crippen LogP contribution is -2.48. The Labute approximate surface area is 200 Å². The lowest BCUT2D eigenvalue weighted by atomic mass is 9.94. The van der Waals surface area contributed by atoms with E-state index in [1.54, 1.807) is 39.3 Å². The number of methoxy groups -OCH3 is 2. The second-order valence-electron chi connectivity index (χ2n) is 8.15. The fourth-order valence-corrected chi connectivity index (χ4v) is 3.76. The second-order valence-corrected chi connectivity index (χ2v) is 8.15. The minimum Gasteiger partial charge on any atom is -0.493 e. The van der Waals surface area contributed by atoms with Crippen LogP contribution in [0.3, 0.4) is 0 Å². The first-order chi connectivity index (χ1) is 16.3. The van der Waals surface area contributed by atoms with E-state index in [1.165, 1.54) is 17.6 Å². The molecule has 0 radical (unpaired) electrons. The van der Waals surface area contributed by atoms with E-state index in [4.69, 9.17) is 18.9 Å². The normalized spacial score (nSPS) is 15.8. The minimum atomic E-state index is -0.746. The molecule has 0 saturated carbocycles. The van der Waals surface area contributed by atoms with Crippen molar-refractivity contribution < 1.29 is 28.5 Å². The Balaban J connectivity index is 2.02. The summed E-state index contributed by atoms with van der Waals surface area (Å²) >= 11 is 0. The molecule has 0 saturated heterocycles. The number of hydrogen-bond acceptors (Lipinski definition) is 6. The molecule has 34 heavy (non-hydrogen) atoms. The fourth-order valence-electron chi connectivity index (χ4n) is 3.76. The van der Waals surface area contributed by atoms with Gasteiger partial charge in [-0.2, -0.15) is 0 Å². The highest BCUT2D eigenvalue weighted by Gasteiger charge is 2.37. The molecule has 182 valence electrons. The predicted octanol–water partition coefficient (Wildman–Crippen LogP) is 4.42. The van der Waals surface area contributed by atoms with Crippen molar-refractivity contribution >= 4 is 12.0 Å². The molecule has 3 rings (SSSR count). The van der Waals surface area contributed by atoms with E-state index in [0.717, 1.165) is 0 Å². The number of urea groups is 1. The van der Waals surface area contributed by atoms with E-state index < -0.39 is 12.0 Å². The zero-order chi connectivity index (χ0) is 24.8. The molecule has 1 N–H and O–H groups in total. The van der Waals surface area contributed by atoms with Crippen molar-refractivity contribution in [3.8, 4) is 17.2 Å². The highest BCUT2D eigenvalue weighted by atomic mass is 16.5. The van der Waals surface area contributed by atoms with Gasteiger partial charge in [0, 0.05) is 7.05 Å². The van der Waals surface area contributed by atoms with E-state index in [9.17, 15) is 9.59 Å². The Kier molecular flexibility index (Phi) is 8.04. The number of likely N-dealkylation sites (N-methyl/N-ethyl adjacent to an activating group) is 1. The van der Waals surface area contributed by atoms with Crippen LogP contribution in [-0.4, -0.2) is 51.4 Å². The zero-order valence-corrected chi connectivity index (χ0v) is 20.5. The Bertz CT molecular complexity index is 1060. The summed E-state index contributed by atoms with van der Waals surface area (Å²) in [4.78, 5) is 27.3. The first-order valence-corrected chi connectivity index (χ1v) is 11.2. The van der Waals surface area contributed by atoms with Crippen LogP contribution in [0.5, 0.6) is 17.2 Å². The third-order valence-corrected chi connectivity index (χ3v) is 5.74. The summed E-state index contributed by atoms with van der Waals surface area (Å²) in [5, 5.41) is 2.89. The molecule has 0 aromatic heterocycles. The van der Waals surface area contributed by atoms with Crippen molar-refractivity contribution in [1.29, 1.82) is 0 Å². The van der Waals surface area contributed by atoms with E-state index >= 15 is 0 Å². The molecule has 1 atom stereocenters. The summed E-state index contributed by atoms with van der Waals surface area (Å²) in [6.45, 7) is 6.19. The van der Waals surface area contributed by atoms with Crippen LogP contribution in [-0.2, 0) is 9.53 Å². The molecule has 1 aliphatic heterocycles. The van der Waals surface area contributed by atoms with Crippen molar-refractivity contribution in [3.63, 3.8) is 0 Å². The number of ether oxygens (including phenoxy) is 4. The molecule has 2 aromatic carbocycles. The highest BCUT2D eigenvalue weighted by molar-refractivity contribution is 5.95. The SMILES string of the molecule is CCOC(=O)C1=C(COc2ccc(C(C)C)cc2)N(C)C(=O)N[C@@H]1c1ccc(OC)c(OC)c1. The smallest absolute Gasteiger partial charge is 0.338 e. The molecule has 0 fully saturated rings. The Hall–Kier alpha value is -3.68. The molecule has 8 nitrogen and oxygen atoms in total. The van der Waals surface area contributed by atoms with Gasteiger partial charge in [-0.15, -0.1) is 0 Å². The van der Waals surface area contributed by atoms with Crippen molar-refractivity contribution in [2.75, 3.05) is 34.5 Å². The number of nitrogens with zero attached hydrogens (tertiary/aromatic N) is 1. The van der Waals surface area contributed by atoms with Crippen molar-refractivity contribution in [3.05, 3.63) is 64.9 Å². The number of amides is 2. The minimum absolute atomic E-state index is 0.0167. The van der Waals surface area contributed by atoms with Crippen LogP contribution < -0.4 is 19.5 Å². The highest BCUT2D eigenvalue weighted by Crippen LogP contribution is 2.36. The number of nitrogens with one attached hydrogen (secondary N) is 1. The monoisotopic (exact) mass is 468 g/mol. The van der Waals surface area contributed by atoms with Crippen LogP contribution in [0.15, 0.2) is 53.7 Å².